The van der Waals surface area contributed by atoms with Crippen LogP contribution in [0.15, 0.2) is 36.7 Å². The van der Waals surface area contributed by atoms with Gasteiger partial charge >= 0.3 is 0 Å². The maximum Gasteiger partial charge on any atom is 0.198 e. The highest BCUT2D eigenvalue weighted by Gasteiger charge is 2.15. The number of carbonyl (C=O) groups excluding carboxylic acids is 1. The minimum absolute atomic E-state index is 0.195. The lowest BCUT2D eigenvalue weighted by molar-refractivity contribution is 0.103. The Hall–Kier alpha value is -1.94. The molecule has 1 aromatic carbocycles. The van der Waals surface area contributed by atoms with E-state index in [1.54, 1.807) is 24.3 Å². The first kappa shape index (κ1) is 11.5. The van der Waals surface area contributed by atoms with Crippen LogP contribution < -0.4 is 4.74 Å². The van der Waals surface area contributed by atoms with Crippen molar-refractivity contribution in [3.05, 3.63) is 52.8 Å². The van der Waals surface area contributed by atoms with Gasteiger partial charge in [0.15, 0.2) is 5.78 Å². The maximum absolute atomic E-state index is 12.2. The van der Waals surface area contributed by atoms with E-state index >= 15 is 0 Å². The lowest BCUT2D eigenvalue weighted by Crippen LogP contribution is -2.04. The molecule has 0 aliphatic rings. The molecule has 2 rings (SSSR count). The van der Waals surface area contributed by atoms with Gasteiger partial charge in [-0.15, -0.1) is 0 Å². The zero-order valence-electron chi connectivity index (χ0n) is 9.05. The lowest BCUT2D eigenvalue weighted by atomic mass is 10.0. The zero-order chi connectivity index (χ0) is 12.3. The van der Waals surface area contributed by atoms with Crippen LogP contribution in [0.3, 0.4) is 0 Å². The number of hydrogen-bond donors (Lipinski definition) is 0. The molecule has 0 N–H and O–H groups in total. The third-order valence-electron chi connectivity index (χ3n) is 2.25. The fraction of sp³-hybridized carbons (Fsp3) is 0.0833. The number of ketones is 1. The standard InChI is InChI=1S/C12H9ClN2O2/c1-17-11-3-2-9(13)6-10(11)12(16)8-4-5-14-15-7-8/h2-7H,1H3. The van der Waals surface area contributed by atoms with Gasteiger partial charge in [0.1, 0.15) is 5.75 Å². The second kappa shape index (κ2) is 4.93. The molecule has 2 aromatic rings. The number of aromatic nitrogens is 2. The van der Waals surface area contributed by atoms with E-state index in [1.807, 2.05) is 0 Å². The summed E-state index contributed by atoms with van der Waals surface area (Å²) in [4.78, 5) is 12.2. The number of halogens is 1. The molecule has 17 heavy (non-hydrogen) atoms. The molecular formula is C12H9ClN2O2. The summed E-state index contributed by atoms with van der Waals surface area (Å²) >= 11 is 5.87. The number of carbonyl (C=O) groups is 1. The van der Waals surface area contributed by atoms with E-state index < -0.39 is 0 Å². The fourth-order valence-corrected chi connectivity index (χ4v) is 1.61. The second-order valence-corrected chi connectivity index (χ2v) is 3.74. The van der Waals surface area contributed by atoms with E-state index in [9.17, 15) is 4.79 Å². The topological polar surface area (TPSA) is 52.1 Å². The predicted octanol–water partition coefficient (Wildman–Crippen LogP) is 2.37. The molecule has 0 bridgehead atoms. The third-order valence-corrected chi connectivity index (χ3v) is 2.49. The minimum Gasteiger partial charge on any atom is -0.496 e. The Labute approximate surface area is 103 Å². The molecule has 0 aliphatic carbocycles. The van der Waals surface area contributed by atoms with Gasteiger partial charge in [-0.25, -0.2) is 0 Å². The van der Waals surface area contributed by atoms with E-state index in [-0.39, 0.29) is 5.78 Å². The van der Waals surface area contributed by atoms with E-state index in [1.165, 1.54) is 19.5 Å². The lowest BCUT2D eigenvalue weighted by Gasteiger charge is -2.07. The van der Waals surface area contributed by atoms with Crippen LogP contribution in [-0.4, -0.2) is 23.1 Å². The van der Waals surface area contributed by atoms with Crippen molar-refractivity contribution in [1.29, 1.82) is 0 Å². The fourth-order valence-electron chi connectivity index (χ4n) is 1.44. The van der Waals surface area contributed by atoms with Gasteiger partial charge in [-0.05, 0) is 24.3 Å². The first-order chi connectivity index (χ1) is 8.22. The molecule has 86 valence electrons. The number of methoxy groups -OCH3 is 1. The molecule has 0 fully saturated rings. The Bertz CT molecular complexity index is 543. The van der Waals surface area contributed by atoms with Gasteiger partial charge in [0, 0.05) is 10.6 Å². The Kier molecular flexibility index (Phi) is 3.35. The highest BCUT2D eigenvalue weighted by atomic mass is 35.5. The average molecular weight is 249 g/mol. The quantitative estimate of drug-likeness (QED) is 0.783. The summed E-state index contributed by atoms with van der Waals surface area (Å²) in [6.07, 6.45) is 2.87. The van der Waals surface area contributed by atoms with Crippen LogP contribution in [0.5, 0.6) is 5.75 Å². The van der Waals surface area contributed by atoms with Crippen LogP contribution in [0.1, 0.15) is 15.9 Å². The van der Waals surface area contributed by atoms with Crippen LogP contribution in [0.25, 0.3) is 0 Å². The molecule has 5 heteroatoms. The maximum atomic E-state index is 12.2. The SMILES string of the molecule is COc1ccc(Cl)cc1C(=O)c1ccnnc1. The van der Waals surface area contributed by atoms with Gasteiger partial charge in [-0.3, -0.25) is 4.79 Å². The van der Waals surface area contributed by atoms with Crippen LogP contribution in [0, 0.1) is 0 Å². The first-order valence-corrected chi connectivity index (χ1v) is 5.25. The number of benzene rings is 1. The van der Waals surface area contributed by atoms with Gasteiger partial charge in [0.2, 0.25) is 0 Å². The molecule has 0 spiro atoms. The smallest absolute Gasteiger partial charge is 0.198 e. The van der Waals surface area contributed by atoms with Crippen molar-refractivity contribution >= 4 is 17.4 Å². The summed E-state index contributed by atoms with van der Waals surface area (Å²) in [5, 5.41) is 7.77. The van der Waals surface area contributed by atoms with Crippen molar-refractivity contribution in [1.82, 2.24) is 10.2 Å². The monoisotopic (exact) mass is 248 g/mol. The molecule has 0 amide bonds. The average Bonchev–Trinajstić information content (AvgIpc) is 2.39. The zero-order valence-corrected chi connectivity index (χ0v) is 9.81. The highest BCUT2D eigenvalue weighted by Crippen LogP contribution is 2.24. The normalized spacial score (nSPS) is 10.0. The number of ether oxygens (including phenoxy) is 1. The van der Waals surface area contributed by atoms with Gasteiger partial charge < -0.3 is 4.74 Å². The Morgan fingerprint density at radius 3 is 2.76 bits per heavy atom. The van der Waals surface area contributed by atoms with Crippen LogP contribution in [0.2, 0.25) is 5.02 Å². The number of hydrogen-bond acceptors (Lipinski definition) is 4. The summed E-state index contributed by atoms with van der Waals surface area (Å²) in [5.74, 6) is 0.287. The largest absolute Gasteiger partial charge is 0.496 e. The summed E-state index contributed by atoms with van der Waals surface area (Å²) in [6.45, 7) is 0. The summed E-state index contributed by atoms with van der Waals surface area (Å²) in [5.41, 5.74) is 0.855. The predicted molar refractivity (Wildman–Crippen MR) is 63.5 cm³/mol. The van der Waals surface area contributed by atoms with E-state index in [2.05, 4.69) is 10.2 Å². The van der Waals surface area contributed by atoms with E-state index in [0.717, 1.165) is 0 Å². The Morgan fingerprint density at radius 2 is 2.12 bits per heavy atom. The second-order valence-electron chi connectivity index (χ2n) is 3.30. The van der Waals surface area contributed by atoms with E-state index in [0.29, 0.717) is 21.9 Å². The van der Waals surface area contributed by atoms with E-state index in [4.69, 9.17) is 16.3 Å². The molecule has 0 radical (unpaired) electrons. The molecule has 0 saturated carbocycles. The highest BCUT2D eigenvalue weighted by molar-refractivity contribution is 6.31. The molecule has 1 aromatic heterocycles. The third kappa shape index (κ3) is 2.42. The molecule has 0 aliphatic heterocycles. The molecular weight excluding hydrogens is 240 g/mol. The number of nitrogens with zero attached hydrogens (tertiary/aromatic N) is 2. The van der Waals surface area contributed by atoms with Crippen molar-refractivity contribution < 1.29 is 9.53 Å². The first-order valence-electron chi connectivity index (χ1n) is 4.87. The van der Waals surface area contributed by atoms with Crippen molar-refractivity contribution in [2.45, 2.75) is 0 Å². The van der Waals surface area contributed by atoms with Gasteiger partial charge in [-0.1, -0.05) is 11.6 Å². The minimum atomic E-state index is -0.195. The molecule has 4 nitrogen and oxygen atoms in total. The summed E-state index contributed by atoms with van der Waals surface area (Å²) in [6, 6.07) is 6.49. The van der Waals surface area contributed by atoms with Crippen molar-refractivity contribution in [2.24, 2.45) is 0 Å². The molecule has 0 unspecified atom stereocenters. The molecule has 0 atom stereocenters. The van der Waals surface area contributed by atoms with Crippen LogP contribution in [-0.2, 0) is 0 Å². The summed E-state index contributed by atoms with van der Waals surface area (Å²) in [7, 11) is 1.50. The Balaban J connectivity index is 2.47. The van der Waals surface area contributed by atoms with Gasteiger partial charge in [0.25, 0.3) is 0 Å². The van der Waals surface area contributed by atoms with Gasteiger partial charge in [0.05, 0.1) is 25.1 Å². The van der Waals surface area contributed by atoms with Crippen LogP contribution in [0.4, 0.5) is 0 Å². The van der Waals surface area contributed by atoms with Crippen molar-refractivity contribution in [3.8, 4) is 5.75 Å². The van der Waals surface area contributed by atoms with Crippen molar-refractivity contribution in [2.75, 3.05) is 7.11 Å². The molecule has 1 heterocycles. The Morgan fingerprint density at radius 1 is 1.29 bits per heavy atom. The molecule has 0 saturated heterocycles. The summed E-state index contributed by atoms with van der Waals surface area (Å²) < 4.78 is 5.13. The van der Waals surface area contributed by atoms with Crippen LogP contribution >= 0.6 is 11.6 Å². The van der Waals surface area contributed by atoms with Gasteiger partial charge in [-0.2, -0.15) is 10.2 Å². The number of rotatable bonds is 3. The van der Waals surface area contributed by atoms with Crippen molar-refractivity contribution in [3.63, 3.8) is 0 Å².